The van der Waals surface area contributed by atoms with Crippen molar-refractivity contribution in [3.8, 4) is 0 Å². The van der Waals surface area contributed by atoms with Gasteiger partial charge in [-0.25, -0.2) is 0 Å². The van der Waals surface area contributed by atoms with Gasteiger partial charge in [-0.15, -0.1) is 0 Å². The van der Waals surface area contributed by atoms with Gasteiger partial charge in [-0.1, -0.05) is 29.8 Å². The number of aliphatic carboxylic acids is 1. The number of hydrogen-bond acceptors (Lipinski definition) is 3. The van der Waals surface area contributed by atoms with Gasteiger partial charge in [0.2, 0.25) is 5.91 Å². The van der Waals surface area contributed by atoms with Gasteiger partial charge in [-0.2, -0.15) is 0 Å². The molecule has 5 nitrogen and oxygen atoms in total. The van der Waals surface area contributed by atoms with Crippen molar-refractivity contribution in [3.05, 3.63) is 41.4 Å². The number of halogens is 1. The third-order valence-electron chi connectivity index (χ3n) is 6.08. The Morgan fingerprint density at radius 1 is 1.00 bits per heavy atom. The molecule has 2 bridgehead atoms. The average molecular weight is 375 g/mol. The number of carboxylic acids is 1. The Balaban J connectivity index is 1.45. The van der Waals surface area contributed by atoms with Gasteiger partial charge >= 0.3 is 5.97 Å². The molecular formula is C20H23ClN2O3. The summed E-state index contributed by atoms with van der Waals surface area (Å²) >= 11 is 6.07. The summed E-state index contributed by atoms with van der Waals surface area (Å²) in [5, 5.41) is 10.4. The quantitative estimate of drug-likeness (QED) is 0.826. The summed E-state index contributed by atoms with van der Waals surface area (Å²) in [4.78, 5) is 29.0. The third kappa shape index (κ3) is 3.09. The second kappa shape index (κ2) is 6.95. The molecule has 3 aliphatic carbocycles. The first-order valence-electron chi connectivity index (χ1n) is 9.25. The number of fused-ring (bicyclic) bond motifs is 2. The van der Waals surface area contributed by atoms with E-state index in [4.69, 9.17) is 11.6 Å². The molecule has 1 saturated heterocycles. The average Bonchev–Trinajstić information content (AvgIpc) is 2.67. The Morgan fingerprint density at radius 3 is 2.23 bits per heavy atom. The summed E-state index contributed by atoms with van der Waals surface area (Å²) < 4.78 is 0. The minimum absolute atomic E-state index is 0.000741. The molecule has 6 heteroatoms. The van der Waals surface area contributed by atoms with Gasteiger partial charge in [0.1, 0.15) is 0 Å². The number of hydrogen-bond donors (Lipinski definition) is 1. The topological polar surface area (TPSA) is 60.9 Å². The van der Waals surface area contributed by atoms with Crippen molar-refractivity contribution in [2.24, 2.45) is 23.7 Å². The number of amides is 1. The SMILES string of the molecule is O=C(O)[C@@H]1[C@@H](C(=O)N2CCN(c3cccc(Cl)c3)CC2)[C@@H]2C=C[C@H]1CC2. The van der Waals surface area contributed by atoms with E-state index in [-0.39, 0.29) is 17.7 Å². The summed E-state index contributed by atoms with van der Waals surface area (Å²) in [6.45, 7) is 2.71. The van der Waals surface area contributed by atoms with Crippen LogP contribution in [-0.4, -0.2) is 48.1 Å². The molecule has 138 valence electrons. The largest absolute Gasteiger partial charge is 0.481 e. The number of nitrogens with zero attached hydrogens (tertiary/aromatic N) is 2. The van der Waals surface area contributed by atoms with Gasteiger partial charge in [0.15, 0.2) is 0 Å². The number of carbonyl (C=O) groups excluding carboxylic acids is 1. The Bertz CT molecular complexity index is 742. The van der Waals surface area contributed by atoms with Crippen molar-refractivity contribution in [1.29, 1.82) is 0 Å². The van der Waals surface area contributed by atoms with Crippen LogP contribution in [0.3, 0.4) is 0 Å². The van der Waals surface area contributed by atoms with E-state index < -0.39 is 17.8 Å². The van der Waals surface area contributed by atoms with Gasteiger partial charge in [0, 0.05) is 36.9 Å². The number of anilines is 1. The molecule has 1 aromatic carbocycles. The zero-order chi connectivity index (χ0) is 18.3. The number of rotatable bonds is 3. The zero-order valence-corrected chi connectivity index (χ0v) is 15.3. The van der Waals surface area contributed by atoms with Crippen LogP contribution in [0.5, 0.6) is 0 Å². The fraction of sp³-hybridized carbons (Fsp3) is 0.500. The number of carboxylic acid groups (broad SMARTS) is 1. The van der Waals surface area contributed by atoms with Crippen LogP contribution in [0.25, 0.3) is 0 Å². The molecule has 1 aliphatic heterocycles. The summed E-state index contributed by atoms with van der Waals surface area (Å²) in [6, 6.07) is 7.74. The smallest absolute Gasteiger partial charge is 0.307 e. The Morgan fingerprint density at radius 2 is 1.65 bits per heavy atom. The first-order chi connectivity index (χ1) is 12.5. The predicted octanol–water partition coefficient (Wildman–Crippen LogP) is 2.90. The maximum Gasteiger partial charge on any atom is 0.307 e. The highest BCUT2D eigenvalue weighted by Gasteiger charge is 2.49. The summed E-state index contributed by atoms with van der Waals surface area (Å²) in [6.07, 6.45) is 5.88. The normalized spacial score (nSPS) is 30.5. The van der Waals surface area contributed by atoms with E-state index in [1.807, 2.05) is 35.2 Å². The molecule has 0 unspecified atom stereocenters. The summed E-state index contributed by atoms with van der Waals surface area (Å²) in [5.41, 5.74) is 1.06. The summed E-state index contributed by atoms with van der Waals surface area (Å²) in [7, 11) is 0. The standard InChI is InChI=1S/C20H23ClN2O3/c21-15-2-1-3-16(12-15)22-8-10-23(11-9-22)19(24)17-13-4-6-14(7-5-13)18(17)20(25)26/h1-4,6,12-14,17-18H,5,7-11H2,(H,25,26)/t13-,14+,17+,18+/m1/s1. The number of piperazine rings is 1. The molecule has 26 heavy (non-hydrogen) atoms. The third-order valence-corrected chi connectivity index (χ3v) is 6.32. The second-order valence-electron chi connectivity index (χ2n) is 7.47. The second-order valence-corrected chi connectivity index (χ2v) is 7.91. The number of benzene rings is 1. The monoisotopic (exact) mass is 374 g/mol. The highest BCUT2D eigenvalue weighted by molar-refractivity contribution is 6.30. The van der Waals surface area contributed by atoms with E-state index in [2.05, 4.69) is 11.0 Å². The van der Waals surface area contributed by atoms with Gasteiger partial charge in [-0.05, 0) is 42.9 Å². The molecule has 0 spiro atoms. The molecule has 1 amide bonds. The van der Waals surface area contributed by atoms with Gasteiger partial charge in [0.05, 0.1) is 11.8 Å². The highest BCUT2D eigenvalue weighted by Crippen LogP contribution is 2.45. The molecule has 4 atom stereocenters. The van der Waals surface area contributed by atoms with Crippen LogP contribution in [0, 0.1) is 23.7 Å². The molecule has 2 fully saturated rings. The van der Waals surface area contributed by atoms with E-state index >= 15 is 0 Å². The molecule has 1 saturated carbocycles. The Hall–Kier alpha value is -2.01. The molecule has 4 aliphatic rings. The van der Waals surface area contributed by atoms with Crippen LogP contribution in [0.2, 0.25) is 5.02 Å². The van der Waals surface area contributed by atoms with Crippen molar-refractivity contribution in [1.82, 2.24) is 4.90 Å². The van der Waals surface area contributed by atoms with Crippen molar-refractivity contribution in [3.63, 3.8) is 0 Å². The van der Waals surface area contributed by atoms with Crippen LogP contribution in [0.1, 0.15) is 12.8 Å². The molecule has 1 aromatic rings. The maximum atomic E-state index is 13.1. The minimum Gasteiger partial charge on any atom is -0.481 e. The maximum absolute atomic E-state index is 13.1. The van der Waals surface area contributed by atoms with Crippen LogP contribution in [0.15, 0.2) is 36.4 Å². The lowest BCUT2D eigenvalue weighted by molar-refractivity contribution is -0.156. The van der Waals surface area contributed by atoms with E-state index in [0.717, 1.165) is 31.6 Å². The fourth-order valence-electron chi connectivity index (χ4n) is 4.74. The lowest BCUT2D eigenvalue weighted by Gasteiger charge is -2.45. The lowest BCUT2D eigenvalue weighted by atomic mass is 9.62. The van der Waals surface area contributed by atoms with E-state index in [1.165, 1.54) is 0 Å². The van der Waals surface area contributed by atoms with Crippen molar-refractivity contribution in [2.45, 2.75) is 12.8 Å². The van der Waals surface area contributed by atoms with Crippen molar-refractivity contribution in [2.75, 3.05) is 31.1 Å². The van der Waals surface area contributed by atoms with Crippen LogP contribution in [0.4, 0.5) is 5.69 Å². The van der Waals surface area contributed by atoms with Crippen molar-refractivity contribution >= 4 is 29.2 Å². The van der Waals surface area contributed by atoms with Gasteiger partial charge in [-0.3, -0.25) is 9.59 Å². The summed E-state index contributed by atoms with van der Waals surface area (Å²) in [5.74, 6) is -1.73. The molecule has 1 N–H and O–H groups in total. The molecule has 0 aromatic heterocycles. The van der Waals surface area contributed by atoms with Crippen LogP contribution >= 0.6 is 11.6 Å². The first-order valence-corrected chi connectivity index (χ1v) is 9.63. The number of allylic oxidation sites excluding steroid dienone is 2. The molecule has 0 radical (unpaired) electrons. The van der Waals surface area contributed by atoms with E-state index in [9.17, 15) is 14.7 Å². The Labute approximate surface area is 158 Å². The van der Waals surface area contributed by atoms with E-state index in [0.29, 0.717) is 18.1 Å². The van der Waals surface area contributed by atoms with Crippen molar-refractivity contribution < 1.29 is 14.7 Å². The minimum atomic E-state index is -0.833. The molecule has 5 rings (SSSR count). The molecule has 1 heterocycles. The van der Waals surface area contributed by atoms with Gasteiger partial charge in [0.25, 0.3) is 0 Å². The van der Waals surface area contributed by atoms with Crippen LogP contribution < -0.4 is 4.90 Å². The Kier molecular flexibility index (Phi) is 4.65. The van der Waals surface area contributed by atoms with Gasteiger partial charge < -0.3 is 14.9 Å². The predicted molar refractivity (Wildman–Crippen MR) is 100 cm³/mol. The van der Waals surface area contributed by atoms with Crippen LogP contribution in [-0.2, 0) is 9.59 Å². The molecular weight excluding hydrogens is 352 g/mol. The lowest BCUT2D eigenvalue weighted by Crippen LogP contribution is -2.55. The fourth-order valence-corrected chi connectivity index (χ4v) is 4.92. The highest BCUT2D eigenvalue weighted by atomic mass is 35.5. The van der Waals surface area contributed by atoms with E-state index in [1.54, 1.807) is 0 Å². The zero-order valence-electron chi connectivity index (χ0n) is 14.6. The first kappa shape index (κ1) is 17.4. The number of carbonyl (C=O) groups is 2.